The summed E-state index contributed by atoms with van der Waals surface area (Å²) >= 11 is 0. The first-order chi connectivity index (χ1) is 12.4. The highest BCUT2D eigenvalue weighted by molar-refractivity contribution is 5.85. The van der Waals surface area contributed by atoms with E-state index < -0.39 is 0 Å². The van der Waals surface area contributed by atoms with Gasteiger partial charge in [0.2, 0.25) is 0 Å². The molecule has 0 saturated carbocycles. The van der Waals surface area contributed by atoms with E-state index in [1.807, 2.05) is 45.0 Å². The Bertz CT molecular complexity index is 545. The molecule has 1 fully saturated rings. The normalized spacial score (nSPS) is 14.5. The molecule has 0 bridgehead atoms. The zero-order valence-electron chi connectivity index (χ0n) is 17.2. The summed E-state index contributed by atoms with van der Waals surface area (Å²) in [4.78, 5) is 14.2. The van der Waals surface area contributed by atoms with Gasteiger partial charge in [0, 0.05) is 25.2 Å². The Balaban J connectivity index is 0.00000364. The number of carbonyl (C=O) groups excluding carboxylic acids is 1. The minimum atomic E-state index is -0.238. The quantitative estimate of drug-likeness (QED) is 0.583. The Morgan fingerprint density at radius 3 is 2.39 bits per heavy atom. The first-order valence-electron chi connectivity index (χ1n) is 9.46. The minimum absolute atomic E-state index is 0. The van der Waals surface area contributed by atoms with Gasteiger partial charge in [-0.25, -0.2) is 0 Å². The molecule has 2 rings (SSSR count). The fourth-order valence-corrected chi connectivity index (χ4v) is 2.79. The maximum atomic E-state index is 11.8. The third-order valence-corrected chi connectivity index (χ3v) is 4.07. The predicted octanol–water partition coefficient (Wildman–Crippen LogP) is 2.64. The first-order valence-corrected chi connectivity index (χ1v) is 9.46. The highest BCUT2D eigenvalue weighted by Gasteiger charge is 2.13. The Labute approximate surface area is 181 Å². The lowest BCUT2D eigenvalue weighted by atomic mass is 10.1. The van der Waals surface area contributed by atoms with Crippen molar-refractivity contribution in [3.63, 3.8) is 0 Å². The van der Waals surface area contributed by atoms with E-state index in [0.717, 1.165) is 52.4 Å². The lowest BCUT2D eigenvalue weighted by molar-refractivity contribution is -0.124. The molecule has 8 heteroatoms. The highest BCUT2D eigenvalue weighted by Crippen LogP contribution is 2.12. The Kier molecular flexibility index (Phi) is 13.5. The first kappa shape index (κ1) is 27.0. The number of nitrogens with one attached hydrogen (secondary N) is 2. The third-order valence-electron chi connectivity index (χ3n) is 4.07. The Morgan fingerprint density at radius 2 is 1.79 bits per heavy atom. The number of ether oxygens (including phenoxy) is 2. The fraction of sp³-hybridized carbons (Fsp3) is 0.650. The lowest BCUT2D eigenvalue weighted by Gasteiger charge is -2.26. The monoisotopic (exact) mass is 435 g/mol. The molecule has 1 aliphatic rings. The van der Waals surface area contributed by atoms with E-state index in [1.54, 1.807) is 0 Å². The topological polar surface area (TPSA) is 62.8 Å². The summed E-state index contributed by atoms with van der Waals surface area (Å²) in [6.07, 6.45) is 1.14. The van der Waals surface area contributed by atoms with Gasteiger partial charge in [-0.05, 0) is 58.0 Å². The molecule has 1 heterocycles. The number of morpholine rings is 1. The zero-order valence-corrected chi connectivity index (χ0v) is 18.8. The number of nitrogens with zero attached hydrogens (tertiary/aromatic N) is 1. The fourth-order valence-electron chi connectivity index (χ4n) is 2.79. The Hall–Kier alpha value is -1.05. The van der Waals surface area contributed by atoms with E-state index in [2.05, 4.69) is 15.5 Å². The second kappa shape index (κ2) is 14.0. The van der Waals surface area contributed by atoms with Crippen LogP contribution in [0.3, 0.4) is 0 Å². The van der Waals surface area contributed by atoms with E-state index in [4.69, 9.17) is 9.47 Å². The molecule has 1 aliphatic heterocycles. The summed E-state index contributed by atoms with van der Waals surface area (Å²) in [5.41, 5.74) is 0.973. The number of hydrogen-bond donors (Lipinski definition) is 2. The molecule has 1 amide bonds. The molecule has 6 nitrogen and oxygen atoms in total. The predicted molar refractivity (Wildman–Crippen MR) is 118 cm³/mol. The highest BCUT2D eigenvalue weighted by atomic mass is 35.5. The summed E-state index contributed by atoms with van der Waals surface area (Å²) in [6.45, 7) is 12.7. The smallest absolute Gasteiger partial charge is 0.258 e. The molecule has 2 N–H and O–H groups in total. The largest absolute Gasteiger partial charge is 0.484 e. The SMILES string of the molecule is CC(C)(C)NC(=O)COc1ccc(CNCCCN2CCOCC2)cc1.Cl.Cl. The minimum Gasteiger partial charge on any atom is -0.484 e. The van der Waals surface area contributed by atoms with Gasteiger partial charge in [-0.3, -0.25) is 9.69 Å². The molecule has 0 aromatic heterocycles. The van der Waals surface area contributed by atoms with Crippen LogP contribution in [0.1, 0.15) is 32.8 Å². The Morgan fingerprint density at radius 1 is 1.14 bits per heavy atom. The molecule has 0 unspecified atom stereocenters. The maximum absolute atomic E-state index is 11.8. The number of hydrogen-bond acceptors (Lipinski definition) is 5. The van der Waals surface area contributed by atoms with Crippen LogP contribution in [0.5, 0.6) is 5.75 Å². The third kappa shape index (κ3) is 11.7. The van der Waals surface area contributed by atoms with Crippen molar-refractivity contribution in [1.82, 2.24) is 15.5 Å². The lowest BCUT2D eigenvalue weighted by Crippen LogP contribution is -2.43. The van der Waals surface area contributed by atoms with E-state index in [9.17, 15) is 4.79 Å². The van der Waals surface area contributed by atoms with Crippen LogP contribution in [-0.4, -0.2) is 62.3 Å². The molecule has 0 spiro atoms. The van der Waals surface area contributed by atoms with Crippen LogP contribution >= 0.6 is 24.8 Å². The molecular formula is C20H35Cl2N3O3. The molecule has 162 valence electrons. The van der Waals surface area contributed by atoms with Crippen molar-refractivity contribution in [1.29, 1.82) is 0 Å². The van der Waals surface area contributed by atoms with Gasteiger partial charge in [-0.2, -0.15) is 0 Å². The summed E-state index contributed by atoms with van der Waals surface area (Å²) in [7, 11) is 0. The molecule has 0 radical (unpaired) electrons. The van der Waals surface area contributed by atoms with Crippen molar-refractivity contribution >= 4 is 30.7 Å². The van der Waals surface area contributed by atoms with Gasteiger partial charge in [-0.15, -0.1) is 24.8 Å². The van der Waals surface area contributed by atoms with Crippen molar-refractivity contribution in [2.45, 2.75) is 39.3 Å². The number of rotatable bonds is 9. The van der Waals surface area contributed by atoms with Crippen LogP contribution in [-0.2, 0) is 16.1 Å². The number of halogens is 2. The van der Waals surface area contributed by atoms with Crippen LogP contribution in [0.4, 0.5) is 0 Å². The summed E-state index contributed by atoms with van der Waals surface area (Å²) < 4.78 is 10.9. The van der Waals surface area contributed by atoms with Crippen LogP contribution in [0.2, 0.25) is 0 Å². The molecule has 1 aromatic rings. The average molecular weight is 436 g/mol. The number of amides is 1. The van der Waals surface area contributed by atoms with Crippen molar-refractivity contribution in [3.8, 4) is 5.75 Å². The van der Waals surface area contributed by atoms with Gasteiger partial charge >= 0.3 is 0 Å². The summed E-state index contributed by atoms with van der Waals surface area (Å²) in [5, 5.41) is 6.35. The molecule has 0 aliphatic carbocycles. The second-order valence-corrected chi connectivity index (χ2v) is 7.72. The van der Waals surface area contributed by atoms with Gasteiger partial charge < -0.3 is 20.1 Å². The van der Waals surface area contributed by atoms with Crippen LogP contribution in [0.25, 0.3) is 0 Å². The average Bonchev–Trinajstić information content (AvgIpc) is 2.60. The van der Waals surface area contributed by atoms with Crippen molar-refractivity contribution in [2.24, 2.45) is 0 Å². The summed E-state index contributed by atoms with van der Waals surface area (Å²) in [6, 6.07) is 7.89. The van der Waals surface area contributed by atoms with E-state index in [1.165, 1.54) is 5.56 Å². The van der Waals surface area contributed by atoms with Crippen molar-refractivity contribution < 1.29 is 14.3 Å². The van der Waals surface area contributed by atoms with E-state index in [0.29, 0.717) is 5.75 Å². The van der Waals surface area contributed by atoms with Crippen LogP contribution < -0.4 is 15.4 Å². The molecule has 0 atom stereocenters. The van der Waals surface area contributed by atoms with E-state index >= 15 is 0 Å². The number of benzene rings is 1. The van der Waals surface area contributed by atoms with Gasteiger partial charge in [0.15, 0.2) is 6.61 Å². The standard InChI is InChI=1S/C20H33N3O3.2ClH/c1-20(2,3)22-19(24)16-26-18-7-5-17(6-8-18)15-21-9-4-10-23-11-13-25-14-12-23;;/h5-8,21H,4,9-16H2,1-3H3,(H,22,24);2*1H. The second-order valence-electron chi connectivity index (χ2n) is 7.72. The van der Waals surface area contributed by atoms with Gasteiger partial charge in [-0.1, -0.05) is 12.1 Å². The zero-order chi connectivity index (χ0) is 18.8. The maximum Gasteiger partial charge on any atom is 0.258 e. The number of carbonyl (C=O) groups is 1. The van der Waals surface area contributed by atoms with Crippen molar-refractivity contribution in [3.05, 3.63) is 29.8 Å². The van der Waals surface area contributed by atoms with Crippen LogP contribution in [0.15, 0.2) is 24.3 Å². The molecular weight excluding hydrogens is 401 g/mol. The van der Waals surface area contributed by atoms with Gasteiger partial charge in [0.1, 0.15) is 5.75 Å². The van der Waals surface area contributed by atoms with Gasteiger partial charge in [0.05, 0.1) is 13.2 Å². The molecule has 28 heavy (non-hydrogen) atoms. The van der Waals surface area contributed by atoms with Crippen LogP contribution in [0, 0.1) is 0 Å². The van der Waals surface area contributed by atoms with Crippen molar-refractivity contribution in [2.75, 3.05) is 46.0 Å². The summed E-state index contributed by atoms with van der Waals surface area (Å²) in [5.74, 6) is 0.605. The van der Waals surface area contributed by atoms with Gasteiger partial charge in [0.25, 0.3) is 5.91 Å². The molecule has 1 saturated heterocycles. The molecule has 1 aromatic carbocycles. The van der Waals surface area contributed by atoms with E-state index in [-0.39, 0.29) is 42.9 Å².